The van der Waals surface area contributed by atoms with E-state index in [0.717, 1.165) is 6.08 Å². The third kappa shape index (κ3) is 7.61. The van der Waals surface area contributed by atoms with Gasteiger partial charge < -0.3 is 19.5 Å². The summed E-state index contributed by atoms with van der Waals surface area (Å²) >= 11 is 0. The number of anilines is 1. The molecule has 0 unspecified atom stereocenters. The van der Waals surface area contributed by atoms with Crippen LogP contribution >= 0.6 is 0 Å². The first-order valence-electron chi connectivity index (χ1n) is 8.84. The lowest BCUT2D eigenvalue weighted by Crippen LogP contribution is -2.29. The Morgan fingerprint density at radius 2 is 1.66 bits per heavy atom. The van der Waals surface area contributed by atoms with Crippen LogP contribution in [0, 0.1) is 0 Å². The molecular formula is C21H21F2NO5. The molecule has 1 amide bonds. The highest BCUT2D eigenvalue weighted by Crippen LogP contribution is 2.17. The predicted octanol–water partition coefficient (Wildman–Crippen LogP) is 4.27. The smallest absolute Gasteiger partial charge is 0.387 e. The monoisotopic (exact) mass is 405 g/mol. The lowest BCUT2D eigenvalue weighted by atomic mass is 10.2. The van der Waals surface area contributed by atoms with Crippen molar-refractivity contribution < 1.29 is 32.6 Å². The summed E-state index contributed by atoms with van der Waals surface area (Å²) in [6, 6.07) is 12.5. The van der Waals surface area contributed by atoms with E-state index in [1.807, 2.05) is 6.92 Å². The zero-order valence-electron chi connectivity index (χ0n) is 15.9. The maximum Gasteiger partial charge on any atom is 0.387 e. The number of nitrogens with one attached hydrogen (secondary N) is 1. The van der Waals surface area contributed by atoms with E-state index in [-0.39, 0.29) is 5.75 Å². The lowest BCUT2D eigenvalue weighted by Gasteiger charge is -2.12. The van der Waals surface area contributed by atoms with Gasteiger partial charge >= 0.3 is 12.6 Å². The van der Waals surface area contributed by atoms with Crippen molar-refractivity contribution in [3.8, 4) is 11.5 Å². The Balaban J connectivity index is 1.84. The number of carbonyl (C=O) groups is 2. The number of amides is 1. The number of halogens is 2. The molecule has 154 valence electrons. The summed E-state index contributed by atoms with van der Waals surface area (Å²) in [7, 11) is 0. The SMILES string of the molecule is CCOc1ccc(NC(=O)[C@H](C)OC(=O)/C=C/c2ccc(OC(F)F)cc2)cc1. The van der Waals surface area contributed by atoms with Crippen molar-refractivity contribution in [1.82, 2.24) is 0 Å². The van der Waals surface area contributed by atoms with Crippen molar-refractivity contribution >= 4 is 23.6 Å². The Kier molecular flexibility index (Phi) is 8.14. The fraction of sp³-hybridized carbons (Fsp3) is 0.238. The summed E-state index contributed by atoms with van der Waals surface area (Å²) in [5.74, 6) is -0.500. The van der Waals surface area contributed by atoms with E-state index < -0.39 is 24.6 Å². The van der Waals surface area contributed by atoms with Gasteiger partial charge in [-0.3, -0.25) is 4.79 Å². The second-order valence-electron chi connectivity index (χ2n) is 5.81. The van der Waals surface area contributed by atoms with Crippen LogP contribution in [-0.4, -0.2) is 31.2 Å². The number of ether oxygens (including phenoxy) is 3. The van der Waals surface area contributed by atoms with Crippen LogP contribution in [0.15, 0.2) is 54.6 Å². The van der Waals surface area contributed by atoms with Crippen LogP contribution < -0.4 is 14.8 Å². The summed E-state index contributed by atoms with van der Waals surface area (Å²) in [6.07, 6.45) is 1.57. The predicted molar refractivity (Wildman–Crippen MR) is 104 cm³/mol. The highest BCUT2D eigenvalue weighted by Gasteiger charge is 2.16. The van der Waals surface area contributed by atoms with Gasteiger partial charge in [0.25, 0.3) is 5.91 Å². The third-order valence-corrected chi connectivity index (χ3v) is 3.61. The molecule has 0 radical (unpaired) electrons. The van der Waals surface area contributed by atoms with Crippen molar-refractivity contribution in [2.45, 2.75) is 26.6 Å². The number of hydrogen-bond donors (Lipinski definition) is 1. The van der Waals surface area contributed by atoms with Crippen LogP contribution in [-0.2, 0) is 14.3 Å². The van der Waals surface area contributed by atoms with Crippen LogP contribution in [0.2, 0.25) is 0 Å². The van der Waals surface area contributed by atoms with E-state index in [0.29, 0.717) is 23.6 Å². The number of alkyl halides is 2. The maximum atomic E-state index is 12.1. The number of benzene rings is 2. The van der Waals surface area contributed by atoms with E-state index in [9.17, 15) is 18.4 Å². The first-order chi connectivity index (χ1) is 13.9. The van der Waals surface area contributed by atoms with Crippen LogP contribution in [0.25, 0.3) is 6.08 Å². The number of esters is 1. The molecule has 0 saturated carbocycles. The molecule has 6 nitrogen and oxygen atoms in total. The topological polar surface area (TPSA) is 73.9 Å². The van der Waals surface area contributed by atoms with Gasteiger partial charge in [-0.1, -0.05) is 12.1 Å². The fourth-order valence-corrected chi connectivity index (χ4v) is 2.24. The molecule has 0 aliphatic carbocycles. The fourth-order valence-electron chi connectivity index (χ4n) is 2.24. The van der Waals surface area contributed by atoms with Gasteiger partial charge in [-0.05, 0) is 61.9 Å². The summed E-state index contributed by atoms with van der Waals surface area (Å²) in [4.78, 5) is 24.0. The molecule has 0 bridgehead atoms. The van der Waals surface area contributed by atoms with E-state index in [4.69, 9.17) is 9.47 Å². The first kappa shape index (κ1) is 21.9. The van der Waals surface area contributed by atoms with E-state index in [1.165, 1.54) is 37.3 Å². The molecule has 8 heteroatoms. The van der Waals surface area contributed by atoms with E-state index >= 15 is 0 Å². The Labute approximate surface area is 167 Å². The second-order valence-corrected chi connectivity index (χ2v) is 5.81. The third-order valence-electron chi connectivity index (χ3n) is 3.61. The highest BCUT2D eigenvalue weighted by molar-refractivity contribution is 5.96. The van der Waals surface area contributed by atoms with Gasteiger partial charge in [-0.25, -0.2) is 4.79 Å². The van der Waals surface area contributed by atoms with Crippen molar-refractivity contribution in [2.75, 3.05) is 11.9 Å². The molecule has 29 heavy (non-hydrogen) atoms. The minimum atomic E-state index is -2.90. The molecule has 0 saturated heterocycles. The van der Waals surface area contributed by atoms with Gasteiger partial charge in [0.1, 0.15) is 11.5 Å². The minimum absolute atomic E-state index is 0.0132. The largest absolute Gasteiger partial charge is 0.494 e. The van der Waals surface area contributed by atoms with E-state index in [2.05, 4.69) is 10.1 Å². The summed E-state index contributed by atoms with van der Waals surface area (Å²) in [5.41, 5.74) is 1.12. The summed E-state index contributed by atoms with van der Waals surface area (Å²) < 4.78 is 38.8. The Morgan fingerprint density at radius 1 is 1.03 bits per heavy atom. The van der Waals surface area contributed by atoms with Crippen LogP contribution in [0.4, 0.5) is 14.5 Å². The van der Waals surface area contributed by atoms with E-state index in [1.54, 1.807) is 24.3 Å². The molecule has 2 aromatic rings. The standard InChI is InChI=1S/C21H21F2NO5/c1-3-27-17-11-7-16(8-12-17)24-20(26)14(2)28-19(25)13-6-15-4-9-18(10-5-15)29-21(22)23/h4-14,21H,3H2,1-2H3,(H,24,26)/b13-6+/t14-/m0/s1. The molecule has 1 atom stereocenters. The van der Waals surface area contributed by atoms with Crippen molar-refractivity contribution in [3.05, 3.63) is 60.2 Å². The van der Waals surface area contributed by atoms with Gasteiger partial charge in [0, 0.05) is 11.8 Å². The number of rotatable bonds is 9. The van der Waals surface area contributed by atoms with Gasteiger partial charge in [-0.2, -0.15) is 8.78 Å². The molecule has 0 spiro atoms. The van der Waals surface area contributed by atoms with Crippen LogP contribution in [0.1, 0.15) is 19.4 Å². The molecule has 2 aromatic carbocycles. The molecule has 0 aliphatic rings. The number of carbonyl (C=O) groups excluding carboxylic acids is 2. The minimum Gasteiger partial charge on any atom is -0.494 e. The summed E-state index contributed by atoms with van der Waals surface area (Å²) in [6.45, 7) is 0.963. The summed E-state index contributed by atoms with van der Waals surface area (Å²) in [5, 5.41) is 2.64. The normalized spacial score (nSPS) is 11.9. The van der Waals surface area contributed by atoms with Gasteiger partial charge in [-0.15, -0.1) is 0 Å². The molecule has 0 aliphatic heterocycles. The quantitative estimate of drug-likeness (QED) is 0.498. The van der Waals surface area contributed by atoms with Crippen LogP contribution in [0.5, 0.6) is 11.5 Å². The molecule has 0 heterocycles. The van der Waals surface area contributed by atoms with Crippen molar-refractivity contribution in [3.63, 3.8) is 0 Å². The Bertz CT molecular complexity index is 835. The Morgan fingerprint density at radius 3 is 2.24 bits per heavy atom. The average molecular weight is 405 g/mol. The second kappa shape index (κ2) is 10.8. The molecular weight excluding hydrogens is 384 g/mol. The average Bonchev–Trinajstić information content (AvgIpc) is 2.68. The van der Waals surface area contributed by atoms with Crippen LogP contribution in [0.3, 0.4) is 0 Å². The van der Waals surface area contributed by atoms with Gasteiger partial charge in [0.15, 0.2) is 6.10 Å². The maximum absolute atomic E-state index is 12.1. The van der Waals surface area contributed by atoms with Gasteiger partial charge in [0.2, 0.25) is 0 Å². The van der Waals surface area contributed by atoms with Crippen molar-refractivity contribution in [2.24, 2.45) is 0 Å². The zero-order chi connectivity index (χ0) is 21.2. The highest BCUT2D eigenvalue weighted by atomic mass is 19.3. The van der Waals surface area contributed by atoms with Crippen molar-refractivity contribution in [1.29, 1.82) is 0 Å². The molecule has 2 rings (SSSR count). The molecule has 0 aromatic heterocycles. The van der Waals surface area contributed by atoms with Gasteiger partial charge in [0.05, 0.1) is 6.61 Å². The molecule has 0 fully saturated rings. The molecule has 1 N–H and O–H groups in total. The number of hydrogen-bond acceptors (Lipinski definition) is 5. The Hall–Kier alpha value is -3.42. The first-order valence-corrected chi connectivity index (χ1v) is 8.84. The zero-order valence-corrected chi connectivity index (χ0v) is 15.9. The lowest BCUT2D eigenvalue weighted by molar-refractivity contribution is -0.148.